The molecule has 0 bridgehead atoms. The summed E-state index contributed by atoms with van der Waals surface area (Å²) in [6.07, 6.45) is 2.04. The lowest BCUT2D eigenvalue weighted by Gasteiger charge is -2.03. The topological polar surface area (TPSA) is 93.2 Å². The lowest BCUT2D eigenvalue weighted by Crippen LogP contribution is -2.29. The van der Waals surface area contributed by atoms with E-state index in [9.17, 15) is 14.0 Å². The molecule has 9 heteroatoms. The van der Waals surface area contributed by atoms with E-state index in [-0.39, 0.29) is 24.1 Å². The lowest BCUT2D eigenvalue weighted by molar-refractivity contribution is -0.126. The zero-order chi connectivity index (χ0) is 16.9. The Hall–Kier alpha value is -2.39. The van der Waals surface area contributed by atoms with Gasteiger partial charge in [0.1, 0.15) is 24.0 Å². The molecule has 0 saturated heterocycles. The number of amides is 2. The smallest absolute Gasteiger partial charge is 0.286 e. The Bertz CT molecular complexity index is 748. The van der Waals surface area contributed by atoms with Crippen molar-refractivity contribution >= 4 is 28.8 Å². The van der Waals surface area contributed by atoms with Crippen LogP contribution in [-0.2, 0) is 16.1 Å². The van der Waals surface area contributed by atoms with Crippen LogP contribution in [0, 0.1) is 5.82 Å². The number of ether oxygens (including phenoxy) is 1. The van der Waals surface area contributed by atoms with Crippen molar-refractivity contribution in [2.45, 2.75) is 25.5 Å². The predicted octanol–water partition coefficient (Wildman–Crippen LogP) is 1.72. The number of carbonyl (C=O) groups is 2. The van der Waals surface area contributed by atoms with Crippen LogP contribution in [0.25, 0.3) is 0 Å². The maximum atomic E-state index is 13.1. The highest BCUT2D eigenvalue weighted by atomic mass is 32.1. The molecule has 126 valence electrons. The standard InChI is InChI=1S/C15H15FN4O3S/c16-9-2-1-3-11(6-9)18-14(22)15-20-19-13(24-15)8-23-7-12(21)17-10-4-5-10/h1-3,6,10H,4-5,7-8H2,(H,17,21)(H,18,22). The zero-order valence-electron chi connectivity index (χ0n) is 12.6. The van der Waals surface area contributed by atoms with Crippen LogP contribution >= 0.6 is 11.3 Å². The lowest BCUT2D eigenvalue weighted by atomic mass is 10.3. The van der Waals surface area contributed by atoms with Crippen LogP contribution in [0.5, 0.6) is 0 Å². The van der Waals surface area contributed by atoms with Gasteiger partial charge < -0.3 is 15.4 Å². The molecular formula is C15H15FN4O3S. The minimum Gasteiger partial charge on any atom is -0.364 e. The molecule has 2 amide bonds. The molecule has 24 heavy (non-hydrogen) atoms. The van der Waals surface area contributed by atoms with E-state index >= 15 is 0 Å². The van der Waals surface area contributed by atoms with Gasteiger partial charge in [-0.1, -0.05) is 17.4 Å². The van der Waals surface area contributed by atoms with E-state index in [0.717, 1.165) is 24.2 Å². The van der Waals surface area contributed by atoms with Crippen molar-refractivity contribution in [2.75, 3.05) is 11.9 Å². The first-order valence-corrected chi connectivity index (χ1v) is 8.18. The Labute approximate surface area is 141 Å². The Kier molecular flexibility index (Phi) is 5.11. The molecule has 1 aromatic heterocycles. The van der Waals surface area contributed by atoms with Crippen LogP contribution in [0.4, 0.5) is 10.1 Å². The van der Waals surface area contributed by atoms with Crippen LogP contribution in [-0.4, -0.2) is 34.7 Å². The molecule has 1 aromatic carbocycles. The van der Waals surface area contributed by atoms with E-state index in [1.807, 2.05) is 0 Å². The van der Waals surface area contributed by atoms with Crippen LogP contribution in [0.15, 0.2) is 24.3 Å². The van der Waals surface area contributed by atoms with Crippen molar-refractivity contribution in [3.05, 3.63) is 40.1 Å². The number of carbonyl (C=O) groups excluding carboxylic acids is 2. The van der Waals surface area contributed by atoms with Gasteiger partial charge in [0.05, 0.1) is 0 Å². The summed E-state index contributed by atoms with van der Waals surface area (Å²) in [6, 6.07) is 5.86. The summed E-state index contributed by atoms with van der Waals surface area (Å²) in [5.41, 5.74) is 0.338. The highest BCUT2D eigenvalue weighted by Crippen LogP contribution is 2.18. The summed E-state index contributed by atoms with van der Waals surface area (Å²) in [4.78, 5) is 23.5. The van der Waals surface area contributed by atoms with E-state index in [1.165, 1.54) is 18.2 Å². The number of nitrogens with zero attached hydrogens (tertiary/aromatic N) is 2. The molecule has 1 saturated carbocycles. The van der Waals surface area contributed by atoms with Crippen molar-refractivity contribution in [1.82, 2.24) is 15.5 Å². The molecule has 2 N–H and O–H groups in total. The van der Waals surface area contributed by atoms with Gasteiger partial charge in [0.25, 0.3) is 5.91 Å². The summed E-state index contributed by atoms with van der Waals surface area (Å²) in [5, 5.41) is 13.6. The first-order valence-electron chi connectivity index (χ1n) is 7.36. The van der Waals surface area contributed by atoms with Crippen LogP contribution in [0.3, 0.4) is 0 Å². The summed E-state index contributed by atoms with van der Waals surface area (Å²) >= 11 is 1.06. The highest BCUT2D eigenvalue weighted by Gasteiger charge is 2.23. The third-order valence-electron chi connectivity index (χ3n) is 3.14. The SMILES string of the molecule is O=C(COCc1nnc(C(=O)Nc2cccc(F)c2)s1)NC1CC1. The van der Waals surface area contributed by atoms with Gasteiger partial charge >= 0.3 is 0 Å². The molecular weight excluding hydrogens is 335 g/mol. The second-order valence-electron chi connectivity index (χ2n) is 5.30. The van der Waals surface area contributed by atoms with E-state index in [4.69, 9.17) is 4.74 Å². The van der Waals surface area contributed by atoms with Crippen molar-refractivity contribution in [3.8, 4) is 0 Å². The van der Waals surface area contributed by atoms with Gasteiger partial charge in [-0.25, -0.2) is 4.39 Å². The molecule has 3 rings (SSSR count). The van der Waals surface area contributed by atoms with Crippen molar-refractivity contribution < 1.29 is 18.7 Å². The molecule has 0 aliphatic heterocycles. The third-order valence-corrected chi connectivity index (χ3v) is 4.04. The molecule has 2 aromatic rings. The van der Waals surface area contributed by atoms with E-state index < -0.39 is 11.7 Å². The average molecular weight is 350 g/mol. The largest absolute Gasteiger partial charge is 0.364 e. The van der Waals surface area contributed by atoms with Gasteiger partial charge in [-0.2, -0.15) is 0 Å². The first kappa shape index (κ1) is 16.5. The Morgan fingerprint density at radius 2 is 2.17 bits per heavy atom. The van der Waals surface area contributed by atoms with Crippen molar-refractivity contribution in [3.63, 3.8) is 0 Å². The summed E-state index contributed by atoms with van der Waals surface area (Å²) < 4.78 is 18.3. The van der Waals surface area contributed by atoms with E-state index in [0.29, 0.717) is 16.7 Å². The van der Waals surface area contributed by atoms with Crippen molar-refractivity contribution in [1.29, 1.82) is 0 Å². The quantitative estimate of drug-likeness (QED) is 0.793. The maximum Gasteiger partial charge on any atom is 0.286 e. The monoisotopic (exact) mass is 350 g/mol. The summed E-state index contributed by atoms with van der Waals surface area (Å²) in [5.74, 6) is -1.08. The second-order valence-corrected chi connectivity index (χ2v) is 6.36. The predicted molar refractivity (Wildman–Crippen MR) is 85.1 cm³/mol. The van der Waals surface area contributed by atoms with Gasteiger partial charge in [-0.05, 0) is 31.0 Å². The Morgan fingerprint density at radius 1 is 1.33 bits per heavy atom. The number of anilines is 1. The molecule has 0 radical (unpaired) electrons. The third kappa shape index (κ3) is 4.80. The first-order chi connectivity index (χ1) is 11.6. The van der Waals surface area contributed by atoms with Gasteiger partial charge in [0.15, 0.2) is 0 Å². The second kappa shape index (κ2) is 7.45. The molecule has 1 heterocycles. The average Bonchev–Trinajstić information content (AvgIpc) is 3.22. The highest BCUT2D eigenvalue weighted by molar-refractivity contribution is 7.13. The van der Waals surface area contributed by atoms with Crippen molar-refractivity contribution in [2.24, 2.45) is 0 Å². The fraction of sp³-hybridized carbons (Fsp3) is 0.333. The number of hydrogen-bond donors (Lipinski definition) is 2. The number of nitrogens with one attached hydrogen (secondary N) is 2. The number of aromatic nitrogens is 2. The maximum absolute atomic E-state index is 13.1. The number of rotatable bonds is 7. The normalized spacial score (nSPS) is 13.5. The molecule has 0 spiro atoms. The van der Waals surface area contributed by atoms with Crippen LogP contribution in [0.2, 0.25) is 0 Å². The molecule has 1 aliphatic carbocycles. The molecule has 1 fully saturated rings. The zero-order valence-corrected chi connectivity index (χ0v) is 13.4. The van der Waals surface area contributed by atoms with Crippen LogP contribution in [0.1, 0.15) is 27.7 Å². The fourth-order valence-electron chi connectivity index (χ4n) is 1.88. The van der Waals surface area contributed by atoms with Gasteiger partial charge in [0.2, 0.25) is 10.9 Å². The number of benzene rings is 1. The molecule has 0 atom stereocenters. The molecule has 0 unspecified atom stereocenters. The minimum atomic E-state index is -0.476. The molecule has 7 nitrogen and oxygen atoms in total. The van der Waals surface area contributed by atoms with Crippen LogP contribution < -0.4 is 10.6 Å². The minimum absolute atomic E-state index is 0.0547. The van der Waals surface area contributed by atoms with Gasteiger partial charge in [-0.3, -0.25) is 9.59 Å². The molecule has 1 aliphatic rings. The number of halogens is 1. The van der Waals surface area contributed by atoms with Gasteiger partial charge in [-0.15, -0.1) is 10.2 Å². The van der Waals surface area contributed by atoms with Gasteiger partial charge in [0, 0.05) is 11.7 Å². The van der Waals surface area contributed by atoms with E-state index in [1.54, 1.807) is 6.07 Å². The Balaban J connectivity index is 1.47. The summed E-state index contributed by atoms with van der Waals surface area (Å²) in [7, 11) is 0. The fourth-order valence-corrected chi connectivity index (χ4v) is 2.56. The number of hydrogen-bond acceptors (Lipinski definition) is 6. The summed E-state index contributed by atoms with van der Waals surface area (Å²) in [6.45, 7) is 0.0455. The Morgan fingerprint density at radius 3 is 2.92 bits per heavy atom. The van der Waals surface area contributed by atoms with E-state index in [2.05, 4.69) is 20.8 Å².